The molecule has 0 amide bonds. The molecule has 3 rings (SSSR count). The summed E-state index contributed by atoms with van der Waals surface area (Å²) in [5.41, 5.74) is 0. The average Bonchev–Trinajstić information content (AvgIpc) is 3.11. The smallest absolute Gasteiger partial charge is 0.243 e. The Kier molecular flexibility index (Phi) is 3.68. The first-order valence-corrected chi connectivity index (χ1v) is 8.11. The Morgan fingerprint density at radius 2 is 2.19 bits per heavy atom. The third kappa shape index (κ3) is 2.66. The molecule has 6 nitrogen and oxygen atoms in total. The molecule has 1 atom stereocenters. The van der Waals surface area contributed by atoms with Crippen LogP contribution in [0.1, 0.15) is 12.5 Å². The van der Waals surface area contributed by atoms with Crippen LogP contribution in [0.15, 0.2) is 35.5 Å². The molecule has 0 spiro atoms. The summed E-state index contributed by atoms with van der Waals surface area (Å²) in [7, 11) is -3.68. The number of sulfonamides is 1. The van der Waals surface area contributed by atoms with Gasteiger partial charge in [-0.2, -0.15) is 4.31 Å². The van der Waals surface area contributed by atoms with Gasteiger partial charge in [0.2, 0.25) is 10.0 Å². The van der Waals surface area contributed by atoms with Crippen LogP contribution in [0.4, 0.5) is 4.39 Å². The van der Waals surface area contributed by atoms with Gasteiger partial charge in [-0.3, -0.25) is 0 Å². The highest BCUT2D eigenvalue weighted by Crippen LogP contribution is 2.28. The first-order chi connectivity index (χ1) is 9.98. The molecule has 0 unspecified atom stereocenters. The predicted molar refractivity (Wildman–Crippen MR) is 73.8 cm³/mol. The Balaban J connectivity index is 1.84. The molecule has 0 saturated carbocycles. The fourth-order valence-corrected chi connectivity index (χ4v) is 4.11. The topological polar surface area (TPSA) is 68.1 Å². The lowest BCUT2D eigenvalue weighted by atomic mass is 10.3. The lowest BCUT2D eigenvalue weighted by Crippen LogP contribution is -2.29. The van der Waals surface area contributed by atoms with Crippen molar-refractivity contribution in [2.45, 2.75) is 17.4 Å². The second kappa shape index (κ2) is 5.36. The van der Waals surface area contributed by atoms with E-state index in [0.717, 1.165) is 12.1 Å². The van der Waals surface area contributed by atoms with Gasteiger partial charge in [0.1, 0.15) is 5.82 Å². The third-order valence-electron chi connectivity index (χ3n) is 3.47. The minimum absolute atomic E-state index is 0.00635. The van der Waals surface area contributed by atoms with E-state index in [1.54, 1.807) is 17.1 Å². The number of aromatic nitrogens is 3. The van der Waals surface area contributed by atoms with Gasteiger partial charge < -0.3 is 0 Å². The van der Waals surface area contributed by atoms with E-state index >= 15 is 0 Å². The second-order valence-corrected chi connectivity index (χ2v) is 7.11. The number of benzene rings is 1. The molecule has 1 aromatic heterocycles. The van der Waals surface area contributed by atoms with Gasteiger partial charge in [-0.1, -0.05) is 16.8 Å². The summed E-state index contributed by atoms with van der Waals surface area (Å²) in [6.07, 6.45) is 3.91. The standard InChI is InChI=1S/C12H12ClFN4O2S/c13-11-7-10(1-2-12(11)14)21(19,20)17-5-3-9(8-17)18-6-4-15-16-18/h1-2,4,6-7,9H,3,5,8H2/t9-/m0/s1. The van der Waals surface area contributed by atoms with Gasteiger partial charge >= 0.3 is 0 Å². The minimum atomic E-state index is -3.68. The maximum atomic E-state index is 13.2. The first kappa shape index (κ1) is 14.4. The van der Waals surface area contributed by atoms with Crippen LogP contribution in [0.5, 0.6) is 0 Å². The molecular formula is C12H12ClFN4O2S. The largest absolute Gasteiger partial charge is 0.248 e. The van der Waals surface area contributed by atoms with Crippen molar-refractivity contribution in [1.29, 1.82) is 0 Å². The Morgan fingerprint density at radius 1 is 1.38 bits per heavy atom. The van der Waals surface area contributed by atoms with E-state index in [2.05, 4.69) is 10.3 Å². The summed E-state index contributed by atoms with van der Waals surface area (Å²) in [6, 6.07) is 3.37. The van der Waals surface area contributed by atoms with Crippen LogP contribution in [0.3, 0.4) is 0 Å². The van der Waals surface area contributed by atoms with E-state index in [1.165, 1.54) is 10.4 Å². The normalized spacial score (nSPS) is 20.0. The molecule has 9 heteroatoms. The summed E-state index contributed by atoms with van der Waals surface area (Å²) in [5.74, 6) is -0.641. The number of halogens is 2. The summed E-state index contributed by atoms with van der Waals surface area (Å²) >= 11 is 5.66. The highest BCUT2D eigenvalue weighted by molar-refractivity contribution is 7.89. The van der Waals surface area contributed by atoms with E-state index < -0.39 is 15.8 Å². The van der Waals surface area contributed by atoms with E-state index in [4.69, 9.17) is 11.6 Å². The molecule has 0 aliphatic carbocycles. The van der Waals surface area contributed by atoms with Gasteiger partial charge in [0.15, 0.2) is 0 Å². The maximum absolute atomic E-state index is 13.2. The number of hydrogen-bond acceptors (Lipinski definition) is 4. The Morgan fingerprint density at radius 3 is 2.86 bits per heavy atom. The molecule has 0 radical (unpaired) electrons. The molecule has 1 fully saturated rings. The first-order valence-electron chi connectivity index (χ1n) is 6.29. The van der Waals surface area contributed by atoms with Crippen LogP contribution >= 0.6 is 11.6 Å². The molecule has 21 heavy (non-hydrogen) atoms. The van der Waals surface area contributed by atoms with Crippen molar-refractivity contribution in [1.82, 2.24) is 19.3 Å². The van der Waals surface area contributed by atoms with Crippen LogP contribution in [0.25, 0.3) is 0 Å². The number of hydrogen-bond donors (Lipinski definition) is 0. The van der Waals surface area contributed by atoms with Gasteiger partial charge in [-0.15, -0.1) is 5.10 Å². The van der Waals surface area contributed by atoms with Crippen LogP contribution in [0.2, 0.25) is 5.02 Å². The van der Waals surface area contributed by atoms with Crippen molar-refractivity contribution in [3.8, 4) is 0 Å². The summed E-state index contributed by atoms with van der Waals surface area (Å²) < 4.78 is 41.2. The molecule has 1 aliphatic heterocycles. The van der Waals surface area contributed by atoms with Crippen molar-refractivity contribution in [3.63, 3.8) is 0 Å². The lowest BCUT2D eigenvalue weighted by Gasteiger charge is -2.16. The molecule has 1 aliphatic rings. The fourth-order valence-electron chi connectivity index (χ4n) is 2.34. The average molecular weight is 331 g/mol. The van der Waals surface area contributed by atoms with Crippen molar-refractivity contribution >= 4 is 21.6 Å². The zero-order valence-electron chi connectivity index (χ0n) is 10.9. The summed E-state index contributed by atoms with van der Waals surface area (Å²) in [4.78, 5) is -0.00635. The van der Waals surface area contributed by atoms with Gasteiger partial charge in [-0.05, 0) is 24.6 Å². The third-order valence-corrected chi connectivity index (χ3v) is 5.62. The van der Waals surface area contributed by atoms with Crippen molar-refractivity contribution in [2.75, 3.05) is 13.1 Å². The summed E-state index contributed by atoms with van der Waals surface area (Å²) in [6.45, 7) is 0.683. The Labute approximate surface area is 126 Å². The van der Waals surface area contributed by atoms with Crippen molar-refractivity contribution in [3.05, 3.63) is 41.4 Å². The Hall–Kier alpha value is -1.51. The van der Waals surface area contributed by atoms with E-state index in [9.17, 15) is 12.8 Å². The molecule has 1 saturated heterocycles. The van der Waals surface area contributed by atoms with Gasteiger partial charge in [0.05, 0.1) is 22.2 Å². The van der Waals surface area contributed by atoms with Crippen LogP contribution in [0, 0.1) is 5.82 Å². The van der Waals surface area contributed by atoms with Gasteiger partial charge in [0, 0.05) is 19.3 Å². The quantitative estimate of drug-likeness (QED) is 0.859. The highest BCUT2D eigenvalue weighted by atomic mass is 35.5. The van der Waals surface area contributed by atoms with E-state index in [-0.39, 0.29) is 16.0 Å². The van der Waals surface area contributed by atoms with Crippen molar-refractivity contribution < 1.29 is 12.8 Å². The van der Waals surface area contributed by atoms with Crippen LogP contribution in [-0.2, 0) is 10.0 Å². The fraction of sp³-hybridized carbons (Fsp3) is 0.333. The monoisotopic (exact) mass is 330 g/mol. The number of rotatable bonds is 3. The van der Waals surface area contributed by atoms with E-state index in [0.29, 0.717) is 19.5 Å². The summed E-state index contributed by atoms with van der Waals surface area (Å²) in [5, 5.41) is 7.40. The van der Waals surface area contributed by atoms with E-state index in [1.807, 2.05) is 0 Å². The minimum Gasteiger partial charge on any atom is -0.248 e. The molecule has 2 heterocycles. The molecular weight excluding hydrogens is 319 g/mol. The van der Waals surface area contributed by atoms with Crippen LogP contribution < -0.4 is 0 Å². The highest BCUT2D eigenvalue weighted by Gasteiger charge is 2.33. The van der Waals surface area contributed by atoms with Crippen LogP contribution in [-0.4, -0.2) is 40.8 Å². The Bertz CT molecular complexity index is 751. The molecule has 0 N–H and O–H groups in total. The van der Waals surface area contributed by atoms with Gasteiger partial charge in [-0.25, -0.2) is 17.5 Å². The molecule has 112 valence electrons. The molecule has 1 aromatic carbocycles. The zero-order chi connectivity index (χ0) is 15.0. The molecule has 0 bridgehead atoms. The lowest BCUT2D eigenvalue weighted by molar-refractivity contribution is 0.428. The zero-order valence-corrected chi connectivity index (χ0v) is 12.4. The molecule has 2 aromatic rings. The van der Waals surface area contributed by atoms with Gasteiger partial charge in [0.25, 0.3) is 0 Å². The maximum Gasteiger partial charge on any atom is 0.243 e. The second-order valence-electron chi connectivity index (χ2n) is 4.76. The predicted octanol–water partition coefficient (Wildman–Crippen LogP) is 1.71. The SMILES string of the molecule is O=S(=O)(c1ccc(F)c(Cl)c1)N1CC[C@H](n2ccnn2)C1. The van der Waals surface area contributed by atoms with Crippen molar-refractivity contribution in [2.24, 2.45) is 0 Å². The number of nitrogens with zero attached hydrogens (tertiary/aromatic N) is 4.